The molecule has 0 atom stereocenters. The average Bonchev–Trinajstić information content (AvgIpc) is 2.89. The van der Waals surface area contributed by atoms with Crippen molar-refractivity contribution in [1.29, 1.82) is 0 Å². The molecule has 0 saturated heterocycles. The predicted molar refractivity (Wildman–Crippen MR) is 80.7 cm³/mol. The number of fused-ring (bicyclic) bond motifs is 1. The van der Waals surface area contributed by atoms with E-state index in [4.69, 9.17) is 0 Å². The Morgan fingerprint density at radius 3 is 2.45 bits per heavy atom. The van der Waals surface area contributed by atoms with Crippen molar-refractivity contribution < 1.29 is 4.79 Å². The minimum atomic E-state index is 0.0896. The second-order valence-electron chi connectivity index (χ2n) is 7.98. The maximum atomic E-state index is 12.8. The molecule has 0 spiro atoms. The first-order chi connectivity index (χ1) is 10.7. The van der Waals surface area contributed by atoms with Crippen molar-refractivity contribution in [3.8, 4) is 0 Å². The minimum absolute atomic E-state index is 0.0896. The van der Waals surface area contributed by atoms with Crippen LogP contribution >= 0.6 is 0 Å². The van der Waals surface area contributed by atoms with Gasteiger partial charge in [0.15, 0.2) is 0 Å². The summed E-state index contributed by atoms with van der Waals surface area (Å²) in [5.41, 5.74) is 2.17. The highest BCUT2D eigenvalue weighted by atomic mass is 16.2. The Morgan fingerprint density at radius 2 is 1.82 bits per heavy atom. The van der Waals surface area contributed by atoms with Crippen LogP contribution in [0.4, 0.5) is 4.79 Å². The Kier molecular flexibility index (Phi) is 2.59. The lowest BCUT2D eigenvalue weighted by Gasteiger charge is -2.57. The van der Waals surface area contributed by atoms with Crippen LogP contribution in [0, 0.1) is 17.8 Å². The van der Waals surface area contributed by atoms with Crippen LogP contribution < -0.4 is 5.32 Å². The van der Waals surface area contributed by atoms with Gasteiger partial charge in [-0.1, -0.05) is 0 Å². The van der Waals surface area contributed by atoms with Gasteiger partial charge in [0.05, 0.1) is 18.8 Å². The van der Waals surface area contributed by atoms with E-state index in [0.29, 0.717) is 13.1 Å². The summed E-state index contributed by atoms with van der Waals surface area (Å²) in [4.78, 5) is 23.0. The molecule has 4 fully saturated rings. The molecule has 116 valence electrons. The lowest BCUT2D eigenvalue weighted by molar-refractivity contribution is -0.0157. The van der Waals surface area contributed by atoms with Gasteiger partial charge in [-0.05, 0) is 56.3 Å². The van der Waals surface area contributed by atoms with Crippen LogP contribution in [-0.2, 0) is 13.1 Å². The standard InChI is InChI=1S/C17H22N4O/c22-16(21-8-14-7-18-10-19-15(14)9-21)20-17-4-11-1-12(5-17)3-13(2-11)6-17/h7,10-13H,1-6,8-9H2,(H,20,22). The van der Waals surface area contributed by atoms with Crippen LogP contribution in [0.25, 0.3) is 0 Å². The van der Waals surface area contributed by atoms with E-state index < -0.39 is 0 Å². The Labute approximate surface area is 130 Å². The molecular formula is C17H22N4O. The molecule has 6 rings (SSSR count). The van der Waals surface area contributed by atoms with Gasteiger partial charge in [-0.2, -0.15) is 0 Å². The zero-order valence-corrected chi connectivity index (χ0v) is 12.8. The largest absolute Gasteiger partial charge is 0.333 e. The van der Waals surface area contributed by atoms with Crippen molar-refractivity contribution in [2.24, 2.45) is 17.8 Å². The molecule has 22 heavy (non-hydrogen) atoms. The van der Waals surface area contributed by atoms with Gasteiger partial charge in [-0.15, -0.1) is 0 Å². The molecule has 4 bridgehead atoms. The monoisotopic (exact) mass is 298 g/mol. The summed E-state index contributed by atoms with van der Waals surface area (Å²) in [7, 11) is 0. The zero-order chi connectivity index (χ0) is 14.7. The van der Waals surface area contributed by atoms with Crippen LogP contribution in [0.5, 0.6) is 0 Å². The van der Waals surface area contributed by atoms with Crippen molar-refractivity contribution in [3.05, 3.63) is 23.8 Å². The molecule has 5 heteroatoms. The van der Waals surface area contributed by atoms with E-state index in [1.807, 2.05) is 11.1 Å². The number of amides is 2. The molecule has 0 aromatic carbocycles. The average molecular weight is 298 g/mol. The molecule has 1 N–H and O–H groups in total. The summed E-state index contributed by atoms with van der Waals surface area (Å²) in [5.74, 6) is 2.56. The quantitative estimate of drug-likeness (QED) is 0.866. The van der Waals surface area contributed by atoms with Crippen molar-refractivity contribution >= 4 is 6.03 Å². The number of carbonyl (C=O) groups excluding carboxylic acids is 1. The first kappa shape index (κ1) is 12.9. The number of rotatable bonds is 1. The second-order valence-corrected chi connectivity index (χ2v) is 7.98. The molecule has 5 aliphatic rings. The number of nitrogens with zero attached hydrogens (tertiary/aromatic N) is 3. The molecule has 2 amide bonds. The van der Waals surface area contributed by atoms with Gasteiger partial charge < -0.3 is 10.2 Å². The van der Waals surface area contributed by atoms with Crippen LogP contribution in [0.3, 0.4) is 0 Å². The summed E-state index contributed by atoms with van der Waals surface area (Å²) in [6, 6.07) is 0.0972. The summed E-state index contributed by atoms with van der Waals surface area (Å²) < 4.78 is 0. The van der Waals surface area contributed by atoms with Gasteiger partial charge in [-0.3, -0.25) is 0 Å². The van der Waals surface area contributed by atoms with Crippen molar-refractivity contribution in [2.45, 2.75) is 57.2 Å². The van der Waals surface area contributed by atoms with Crippen molar-refractivity contribution in [3.63, 3.8) is 0 Å². The lowest BCUT2D eigenvalue weighted by atomic mass is 9.53. The number of aromatic nitrogens is 2. The molecule has 1 aliphatic heterocycles. The van der Waals surface area contributed by atoms with Gasteiger partial charge >= 0.3 is 6.03 Å². The van der Waals surface area contributed by atoms with E-state index in [1.54, 1.807) is 6.33 Å². The number of nitrogens with one attached hydrogen (secondary N) is 1. The number of hydrogen-bond acceptors (Lipinski definition) is 3. The first-order valence-corrected chi connectivity index (χ1v) is 8.54. The smallest absolute Gasteiger partial charge is 0.318 e. The molecule has 4 aliphatic carbocycles. The Balaban J connectivity index is 1.32. The molecule has 4 saturated carbocycles. The Hall–Kier alpha value is -1.65. The molecule has 1 aromatic heterocycles. The summed E-state index contributed by atoms with van der Waals surface area (Å²) in [6.07, 6.45) is 11.2. The predicted octanol–water partition coefficient (Wildman–Crippen LogP) is 2.47. The van der Waals surface area contributed by atoms with E-state index in [2.05, 4.69) is 15.3 Å². The van der Waals surface area contributed by atoms with E-state index in [9.17, 15) is 4.79 Å². The Bertz CT molecular complexity index is 569. The fourth-order valence-electron chi connectivity index (χ4n) is 5.81. The fraction of sp³-hybridized carbons (Fsp3) is 0.706. The minimum Gasteiger partial charge on any atom is -0.333 e. The van der Waals surface area contributed by atoms with Crippen LogP contribution in [-0.4, -0.2) is 26.4 Å². The fourth-order valence-corrected chi connectivity index (χ4v) is 5.81. The molecule has 0 radical (unpaired) electrons. The van der Waals surface area contributed by atoms with Crippen LogP contribution in [0.15, 0.2) is 12.5 Å². The van der Waals surface area contributed by atoms with Gasteiger partial charge in [0, 0.05) is 17.3 Å². The van der Waals surface area contributed by atoms with Gasteiger partial charge in [-0.25, -0.2) is 14.8 Å². The number of carbonyl (C=O) groups is 1. The number of hydrogen-bond donors (Lipinski definition) is 1. The highest BCUT2D eigenvalue weighted by Gasteiger charge is 2.52. The second kappa shape index (κ2) is 4.43. The van der Waals surface area contributed by atoms with Crippen LogP contribution in [0.1, 0.15) is 49.8 Å². The molecule has 5 nitrogen and oxygen atoms in total. The Morgan fingerprint density at radius 1 is 1.14 bits per heavy atom. The van der Waals surface area contributed by atoms with E-state index in [0.717, 1.165) is 29.0 Å². The molecule has 2 heterocycles. The number of urea groups is 1. The first-order valence-electron chi connectivity index (χ1n) is 8.54. The maximum absolute atomic E-state index is 12.8. The third-order valence-corrected chi connectivity index (χ3v) is 6.28. The summed E-state index contributed by atoms with van der Waals surface area (Å²) in [5, 5.41) is 3.44. The molecule has 0 unspecified atom stereocenters. The van der Waals surface area contributed by atoms with Gasteiger partial charge in [0.2, 0.25) is 0 Å². The van der Waals surface area contributed by atoms with Gasteiger partial charge in [0.25, 0.3) is 0 Å². The SMILES string of the molecule is O=C(NC12CC3CC(CC(C3)C1)C2)N1Cc2cncnc2C1. The van der Waals surface area contributed by atoms with Crippen LogP contribution in [0.2, 0.25) is 0 Å². The lowest BCUT2D eigenvalue weighted by Crippen LogP contribution is -2.61. The summed E-state index contributed by atoms with van der Waals surface area (Å²) in [6.45, 7) is 1.27. The van der Waals surface area contributed by atoms with Gasteiger partial charge in [0.1, 0.15) is 6.33 Å². The normalized spacial score (nSPS) is 38.2. The van der Waals surface area contributed by atoms with Crippen molar-refractivity contribution in [1.82, 2.24) is 20.2 Å². The van der Waals surface area contributed by atoms with Crippen molar-refractivity contribution in [2.75, 3.05) is 0 Å². The van der Waals surface area contributed by atoms with E-state index >= 15 is 0 Å². The van der Waals surface area contributed by atoms with E-state index in [1.165, 1.54) is 38.5 Å². The summed E-state index contributed by atoms with van der Waals surface area (Å²) >= 11 is 0. The molecular weight excluding hydrogens is 276 g/mol. The highest BCUT2D eigenvalue weighted by Crippen LogP contribution is 2.55. The zero-order valence-electron chi connectivity index (χ0n) is 12.8. The topological polar surface area (TPSA) is 58.1 Å². The third-order valence-electron chi connectivity index (χ3n) is 6.28. The maximum Gasteiger partial charge on any atom is 0.318 e. The third kappa shape index (κ3) is 1.94. The van der Waals surface area contributed by atoms with E-state index in [-0.39, 0.29) is 11.6 Å². The highest BCUT2D eigenvalue weighted by molar-refractivity contribution is 5.76. The molecule has 1 aromatic rings.